The molecular formula is C14H17FN2O3. The summed E-state index contributed by atoms with van der Waals surface area (Å²) in [6.45, 7) is 0.150. The lowest BCUT2D eigenvalue weighted by Crippen LogP contribution is -2.43. The van der Waals surface area contributed by atoms with Gasteiger partial charge in [-0.05, 0) is 25.0 Å². The number of carboxylic acids is 1. The molecule has 2 amide bonds. The van der Waals surface area contributed by atoms with Gasteiger partial charge >= 0.3 is 12.0 Å². The Balaban J connectivity index is 2.11. The summed E-state index contributed by atoms with van der Waals surface area (Å²) >= 11 is 0. The fourth-order valence-electron chi connectivity index (χ4n) is 2.06. The van der Waals surface area contributed by atoms with Gasteiger partial charge in [-0.1, -0.05) is 12.1 Å². The molecule has 0 spiro atoms. The molecule has 6 heteroatoms. The molecule has 0 aromatic heterocycles. The molecule has 2 rings (SSSR count). The molecule has 0 aliphatic heterocycles. The van der Waals surface area contributed by atoms with Crippen LogP contribution in [-0.4, -0.2) is 41.6 Å². The molecule has 1 aromatic rings. The predicted molar refractivity (Wildman–Crippen MR) is 72.2 cm³/mol. The third kappa shape index (κ3) is 3.26. The van der Waals surface area contributed by atoms with Gasteiger partial charge in [-0.15, -0.1) is 0 Å². The van der Waals surface area contributed by atoms with Crippen LogP contribution in [0.5, 0.6) is 0 Å². The zero-order valence-electron chi connectivity index (χ0n) is 11.3. The number of urea groups is 1. The van der Waals surface area contributed by atoms with Crippen LogP contribution in [0.3, 0.4) is 0 Å². The van der Waals surface area contributed by atoms with Gasteiger partial charge in [0.05, 0.1) is 12.1 Å². The highest BCUT2D eigenvalue weighted by molar-refractivity contribution is 5.92. The number of nitrogens with zero attached hydrogens (tertiary/aromatic N) is 2. The van der Waals surface area contributed by atoms with Gasteiger partial charge in [0.2, 0.25) is 0 Å². The standard InChI is InChI=1S/C14H17FN2O3/c1-16(12-5-3-2-4-11(12)15)14(20)17(10-6-7-10)9-8-13(18)19/h2-5,10H,6-9H2,1H3,(H,18,19). The summed E-state index contributed by atoms with van der Waals surface area (Å²) in [6, 6.07) is 5.74. The summed E-state index contributed by atoms with van der Waals surface area (Å²) in [6.07, 6.45) is 1.64. The van der Waals surface area contributed by atoms with E-state index in [0.29, 0.717) is 0 Å². The second-order valence-corrected chi connectivity index (χ2v) is 4.86. The van der Waals surface area contributed by atoms with Gasteiger partial charge in [0.1, 0.15) is 5.82 Å². The van der Waals surface area contributed by atoms with Gasteiger partial charge < -0.3 is 10.0 Å². The summed E-state index contributed by atoms with van der Waals surface area (Å²) < 4.78 is 13.7. The lowest BCUT2D eigenvalue weighted by atomic mass is 10.3. The van der Waals surface area contributed by atoms with E-state index in [1.54, 1.807) is 12.1 Å². The van der Waals surface area contributed by atoms with Crippen molar-refractivity contribution in [3.63, 3.8) is 0 Å². The van der Waals surface area contributed by atoms with Crippen molar-refractivity contribution in [3.8, 4) is 0 Å². The van der Waals surface area contributed by atoms with Crippen molar-refractivity contribution in [2.45, 2.75) is 25.3 Å². The Morgan fingerprint density at radius 3 is 2.55 bits per heavy atom. The summed E-state index contributed by atoms with van der Waals surface area (Å²) in [5.74, 6) is -1.42. The smallest absolute Gasteiger partial charge is 0.324 e. The Hall–Kier alpha value is -2.11. The molecule has 0 saturated heterocycles. The van der Waals surface area contributed by atoms with Crippen molar-refractivity contribution in [3.05, 3.63) is 30.1 Å². The number of benzene rings is 1. The average molecular weight is 280 g/mol. The first-order chi connectivity index (χ1) is 9.50. The van der Waals surface area contributed by atoms with Crippen LogP contribution in [0.4, 0.5) is 14.9 Å². The fourth-order valence-corrected chi connectivity index (χ4v) is 2.06. The van der Waals surface area contributed by atoms with Crippen LogP contribution in [0.2, 0.25) is 0 Å². The third-order valence-electron chi connectivity index (χ3n) is 3.30. The van der Waals surface area contributed by atoms with Crippen molar-refractivity contribution in [1.82, 2.24) is 4.90 Å². The molecule has 1 saturated carbocycles. The third-order valence-corrected chi connectivity index (χ3v) is 3.30. The molecule has 0 radical (unpaired) electrons. The van der Waals surface area contributed by atoms with Crippen molar-refractivity contribution in [2.24, 2.45) is 0 Å². The maximum absolute atomic E-state index is 13.7. The first-order valence-electron chi connectivity index (χ1n) is 6.51. The van der Waals surface area contributed by atoms with Crippen LogP contribution in [0, 0.1) is 5.82 Å². The van der Waals surface area contributed by atoms with Crippen LogP contribution in [0.25, 0.3) is 0 Å². The first kappa shape index (κ1) is 14.3. The van der Waals surface area contributed by atoms with E-state index in [1.165, 1.54) is 29.0 Å². The Labute approximate surface area is 116 Å². The second kappa shape index (κ2) is 5.90. The Morgan fingerprint density at radius 1 is 1.35 bits per heavy atom. The van der Waals surface area contributed by atoms with Crippen molar-refractivity contribution in [1.29, 1.82) is 0 Å². The molecule has 1 fully saturated rings. The van der Waals surface area contributed by atoms with Gasteiger partial charge in [0, 0.05) is 19.6 Å². The normalized spacial score (nSPS) is 13.9. The van der Waals surface area contributed by atoms with Crippen LogP contribution in [0.1, 0.15) is 19.3 Å². The van der Waals surface area contributed by atoms with Gasteiger partial charge in [-0.25, -0.2) is 9.18 Å². The summed E-state index contributed by atoms with van der Waals surface area (Å²) in [7, 11) is 1.50. The second-order valence-electron chi connectivity index (χ2n) is 4.86. The molecule has 0 bridgehead atoms. The molecule has 1 aliphatic rings. The van der Waals surface area contributed by atoms with Crippen molar-refractivity contribution >= 4 is 17.7 Å². The van der Waals surface area contributed by atoms with E-state index in [9.17, 15) is 14.0 Å². The van der Waals surface area contributed by atoms with Crippen molar-refractivity contribution in [2.75, 3.05) is 18.5 Å². The number of hydrogen-bond donors (Lipinski definition) is 1. The summed E-state index contributed by atoms with van der Waals surface area (Å²) in [4.78, 5) is 25.8. The number of carbonyl (C=O) groups is 2. The number of amides is 2. The van der Waals surface area contributed by atoms with Crippen LogP contribution in [-0.2, 0) is 4.79 Å². The molecule has 1 aliphatic carbocycles. The molecule has 0 unspecified atom stereocenters. The van der Waals surface area contributed by atoms with E-state index in [4.69, 9.17) is 5.11 Å². The fraction of sp³-hybridized carbons (Fsp3) is 0.429. The maximum atomic E-state index is 13.7. The number of rotatable bonds is 5. The SMILES string of the molecule is CN(C(=O)N(CCC(=O)O)C1CC1)c1ccccc1F. The van der Waals surface area contributed by atoms with E-state index >= 15 is 0 Å². The Kier molecular flexibility index (Phi) is 4.22. The van der Waals surface area contributed by atoms with E-state index in [2.05, 4.69) is 0 Å². The predicted octanol–water partition coefficient (Wildman–Crippen LogP) is 2.32. The molecule has 20 heavy (non-hydrogen) atoms. The highest BCUT2D eigenvalue weighted by atomic mass is 19.1. The van der Waals surface area contributed by atoms with E-state index in [0.717, 1.165) is 12.8 Å². The first-order valence-corrected chi connectivity index (χ1v) is 6.51. The van der Waals surface area contributed by atoms with Crippen LogP contribution >= 0.6 is 0 Å². The lowest BCUT2D eigenvalue weighted by molar-refractivity contribution is -0.137. The molecule has 108 valence electrons. The zero-order valence-corrected chi connectivity index (χ0v) is 11.3. The van der Waals surface area contributed by atoms with E-state index in [-0.39, 0.29) is 30.7 Å². The van der Waals surface area contributed by atoms with E-state index in [1.807, 2.05) is 0 Å². The monoisotopic (exact) mass is 280 g/mol. The molecule has 1 aromatic carbocycles. The highest BCUT2D eigenvalue weighted by Gasteiger charge is 2.34. The highest BCUT2D eigenvalue weighted by Crippen LogP contribution is 2.29. The van der Waals surface area contributed by atoms with Gasteiger partial charge in [0.25, 0.3) is 0 Å². The van der Waals surface area contributed by atoms with Gasteiger partial charge in [-0.3, -0.25) is 9.69 Å². The molecule has 0 atom stereocenters. The average Bonchev–Trinajstić information content (AvgIpc) is 3.23. The molecule has 5 nitrogen and oxygen atoms in total. The minimum atomic E-state index is -0.947. The quantitative estimate of drug-likeness (QED) is 0.900. The van der Waals surface area contributed by atoms with Crippen LogP contribution in [0.15, 0.2) is 24.3 Å². The van der Waals surface area contributed by atoms with Crippen LogP contribution < -0.4 is 4.90 Å². The Bertz CT molecular complexity index is 517. The van der Waals surface area contributed by atoms with Gasteiger partial charge in [-0.2, -0.15) is 0 Å². The molecule has 1 N–H and O–H groups in total. The molecule has 0 heterocycles. The van der Waals surface area contributed by atoms with Gasteiger partial charge in [0.15, 0.2) is 0 Å². The minimum Gasteiger partial charge on any atom is -0.481 e. The maximum Gasteiger partial charge on any atom is 0.324 e. The lowest BCUT2D eigenvalue weighted by Gasteiger charge is -2.28. The number of hydrogen-bond acceptors (Lipinski definition) is 2. The topological polar surface area (TPSA) is 60.9 Å². The minimum absolute atomic E-state index is 0.0797. The molecular weight excluding hydrogens is 263 g/mol. The van der Waals surface area contributed by atoms with E-state index < -0.39 is 11.8 Å². The number of carboxylic acid groups (broad SMARTS) is 1. The zero-order chi connectivity index (χ0) is 14.7. The summed E-state index contributed by atoms with van der Waals surface area (Å²) in [5.41, 5.74) is 0.193. The number of para-hydroxylation sites is 1. The largest absolute Gasteiger partial charge is 0.481 e. The Morgan fingerprint density at radius 2 is 2.00 bits per heavy atom. The number of halogens is 1. The summed E-state index contributed by atoms with van der Waals surface area (Å²) in [5, 5.41) is 8.73. The number of anilines is 1. The number of aliphatic carboxylic acids is 1. The number of carbonyl (C=O) groups excluding carboxylic acids is 1. The van der Waals surface area contributed by atoms with Crippen molar-refractivity contribution < 1.29 is 19.1 Å².